The third-order valence-electron chi connectivity index (χ3n) is 3.38. The predicted octanol–water partition coefficient (Wildman–Crippen LogP) is 3.10. The fourth-order valence-corrected chi connectivity index (χ4v) is 2.17. The molecule has 1 N–H and O–H groups in total. The van der Waals surface area contributed by atoms with Crippen molar-refractivity contribution in [3.8, 4) is 5.75 Å². The smallest absolute Gasteiger partial charge is 0.406 e. The van der Waals surface area contributed by atoms with Crippen LogP contribution < -0.4 is 10.1 Å². The monoisotopic (exact) mass is 289 g/mol. The molecule has 6 heteroatoms. The van der Waals surface area contributed by atoms with Crippen molar-refractivity contribution in [2.24, 2.45) is 5.92 Å². The Labute approximate surface area is 116 Å². The zero-order chi connectivity index (χ0) is 14.6. The lowest BCUT2D eigenvalue weighted by Gasteiger charge is -2.29. The Kier molecular flexibility index (Phi) is 4.88. The number of nitrogens with one attached hydrogen (secondary N) is 1. The van der Waals surface area contributed by atoms with Gasteiger partial charge in [-0.25, -0.2) is 0 Å². The van der Waals surface area contributed by atoms with Gasteiger partial charge < -0.3 is 14.8 Å². The van der Waals surface area contributed by atoms with Crippen LogP contribution in [0, 0.1) is 5.92 Å². The average molecular weight is 289 g/mol. The molecule has 20 heavy (non-hydrogen) atoms. The Morgan fingerprint density at radius 2 is 1.95 bits per heavy atom. The Morgan fingerprint density at radius 3 is 2.55 bits per heavy atom. The van der Waals surface area contributed by atoms with Gasteiger partial charge in [0.05, 0.1) is 12.7 Å². The highest BCUT2D eigenvalue weighted by molar-refractivity contribution is 5.27. The molecule has 2 rings (SSSR count). The van der Waals surface area contributed by atoms with Crippen molar-refractivity contribution in [2.75, 3.05) is 13.1 Å². The van der Waals surface area contributed by atoms with Crippen LogP contribution in [0.2, 0.25) is 0 Å². The van der Waals surface area contributed by atoms with Crippen LogP contribution in [0.5, 0.6) is 5.75 Å². The van der Waals surface area contributed by atoms with E-state index in [-0.39, 0.29) is 11.9 Å². The van der Waals surface area contributed by atoms with Gasteiger partial charge in [0.1, 0.15) is 5.75 Å². The summed E-state index contributed by atoms with van der Waals surface area (Å²) in [5, 5.41) is 3.27. The number of rotatable bonds is 4. The van der Waals surface area contributed by atoms with Gasteiger partial charge in [0, 0.05) is 6.54 Å². The summed E-state index contributed by atoms with van der Waals surface area (Å²) in [4.78, 5) is 0. The molecule has 2 unspecified atom stereocenters. The van der Waals surface area contributed by atoms with Crippen molar-refractivity contribution in [1.82, 2.24) is 5.32 Å². The molecule has 1 heterocycles. The summed E-state index contributed by atoms with van der Waals surface area (Å²) in [5.74, 6) is 0.276. The third kappa shape index (κ3) is 4.68. The van der Waals surface area contributed by atoms with E-state index in [0.29, 0.717) is 12.5 Å². The van der Waals surface area contributed by atoms with Crippen molar-refractivity contribution in [1.29, 1.82) is 0 Å². The molecule has 1 aromatic rings. The second-order valence-corrected chi connectivity index (χ2v) is 5.01. The first-order valence-corrected chi connectivity index (χ1v) is 6.61. The molecule has 0 spiro atoms. The molecule has 3 nitrogen and oxygen atoms in total. The lowest BCUT2D eigenvalue weighted by atomic mass is 9.97. The molecule has 0 radical (unpaired) electrons. The largest absolute Gasteiger partial charge is 0.573 e. The molecule has 0 aliphatic carbocycles. The van der Waals surface area contributed by atoms with Crippen molar-refractivity contribution >= 4 is 0 Å². The molecule has 0 aromatic heterocycles. The topological polar surface area (TPSA) is 30.5 Å². The van der Waals surface area contributed by atoms with E-state index >= 15 is 0 Å². The Morgan fingerprint density at radius 1 is 1.25 bits per heavy atom. The maximum absolute atomic E-state index is 12.0. The van der Waals surface area contributed by atoms with Gasteiger partial charge in [0.2, 0.25) is 0 Å². The summed E-state index contributed by atoms with van der Waals surface area (Å²) in [6.45, 7) is 4.36. The highest BCUT2D eigenvalue weighted by Gasteiger charge is 2.31. The quantitative estimate of drug-likeness (QED) is 0.924. The molecule has 1 aliphatic rings. The van der Waals surface area contributed by atoms with Gasteiger partial charge in [-0.3, -0.25) is 0 Å². The van der Waals surface area contributed by atoms with Crippen molar-refractivity contribution in [3.05, 3.63) is 29.8 Å². The van der Waals surface area contributed by atoms with Crippen molar-refractivity contribution in [2.45, 2.75) is 32.4 Å². The van der Waals surface area contributed by atoms with E-state index in [1.165, 1.54) is 12.1 Å². The van der Waals surface area contributed by atoms with Gasteiger partial charge in [0.15, 0.2) is 0 Å². The minimum absolute atomic E-state index is 0.148. The van der Waals surface area contributed by atoms with Gasteiger partial charge in [-0.2, -0.15) is 0 Å². The van der Waals surface area contributed by atoms with Crippen LogP contribution in [-0.4, -0.2) is 25.6 Å². The van der Waals surface area contributed by atoms with E-state index < -0.39 is 6.36 Å². The number of alkyl halides is 3. The lowest BCUT2D eigenvalue weighted by Crippen LogP contribution is -2.40. The number of benzene rings is 1. The lowest BCUT2D eigenvalue weighted by molar-refractivity contribution is -0.274. The second-order valence-electron chi connectivity index (χ2n) is 5.01. The van der Waals surface area contributed by atoms with Crippen molar-refractivity contribution < 1.29 is 22.6 Å². The minimum atomic E-state index is -4.65. The summed E-state index contributed by atoms with van der Waals surface area (Å²) in [5.41, 5.74) is 0.831. The van der Waals surface area contributed by atoms with Gasteiger partial charge >= 0.3 is 6.36 Å². The molecule has 0 bridgehead atoms. The Balaban J connectivity index is 1.84. The fourth-order valence-electron chi connectivity index (χ4n) is 2.17. The van der Waals surface area contributed by atoms with Gasteiger partial charge in [-0.1, -0.05) is 19.1 Å². The van der Waals surface area contributed by atoms with Crippen LogP contribution in [0.25, 0.3) is 0 Å². The number of hydrogen-bond acceptors (Lipinski definition) is 3. The van der Waals surface area contributed by atoms with Crippen LogP contribution in [-0.2, 0) is 11.3 Å². The minimum Gasteiger partial charge on any atom is -0.406 e. The fraction of sp³-hybridized carbons (Fsp3) is 0.571. The average Bonchev–Trinajstić information content (AvgIpc) is 2.38. The van der Waals surface area contributed by atoms with E-state index in [9.17, 15) is 13.2 Å². The zero-order valence-corrected chi connectivity index (χ0v) is 11.2. The number of ether oxygens (including phenoxy) is 2. The maximum Gasteiger partial charge on any atom is 0.573 e. The Bertz CT molecular complexity index is 419. The van der Waals surface area contributed by atoms with E-state index in [4.69, 9.17) is 4.74 Å². The first-order valence-electron chi connectivity index (χ1n) is 6.61. The van der Waals surface area contributed by atoms with E-state index in [1.807, 2.05) is 0 Å². The van der Waals surface area contributed by atoms with Crippen LogP contribution in [0.15, 0.2) is 24.3 Å². The zero-order valence-electron chi connectivity index (χ0n) is 11.2. The predicted molar refractivity (Wildman–Crippen MR) is 68.4 cm³/mol. The molecule has 112 valence electrons. The Hall–Kier alpha value is -1.27. The van der Waals surface area contributed by atoms with E-state index in [0.717, 1.165) is 25.1 Å². The summed E-state index contributed by atoms with van der Waals surface area (Å²) >= 11 is 0. The van der Waals surface area contributed by atoms with Crippen LogP contribution in [0.3, 0.4) is 0 Å². The van der Waals surface area contributed by atoms with Crippen LogP contribution in [0.1, 0.15) is 18.9 Å². The van der Waals surface area contributed by atoms with Crippen LogP contribution in [0.4, 0.5) is 13.2 Å². The highest BCUT2D eigenvalue weighted by Crippen LogP contribution is 2.23. The van der Waals surface area contributed by atoms with Gasteiger partial charge in [-0.05, 0) is 36.6 Å². The maximum atomic E-state index is 12.0. The van der Waals surface area contributed by atoms with Gasteiger partial charge in [-0.15, -0.1) is 13.2 Å². The second kappa shape index (κ2) is 6.45. The van der Waals surface area contributed by atoms with Crippen LogP contribution >= 0.6 is 0 Å². The molecular weight excluding hydrogens is 271 g/mol. The summed E-state index contributed by atoms with van der Waals surface area (Å²) in [6.07, 6.45) is -3.43. The molecule has 1 aliphatic heterocycles. The number of piperidine rings is 1. The highest BCUT2D eigenvalue weighted by atomic mass is 19.4. The molecule has 2 atom stereocenters. The normalized spacial score (nSPS) is 23.6. The van der Waals surface area contributed by atoms with Gasteiger partial charge in [0.25, 0.3) is 0 Å². The molecule has 0 amide bonds. The van der Waals surface area contributed by atoms with E-state index in [2.05, 4.69) is 17.0 Å². The summed E-state index contributed by atoms with van der Waals surface area (Å²) in [6, 6.07) is 5.77. The number of halogens is 3. The molecule has 1 fully saturated rings. The molecular formula is C14H18F3NO2. The SMILES string of the molecule is CC1CCNCC1OCc1ccc(OC(F)(F)F)cc1. The summed E-state index contributed by atoms with van der Waals surface area (Å²) in [7, 11) is 0. The molecule has 1 saturated heterocycles. The molecule has 0 saturated carbocycles. The van der Waals surface area contributed by atoms with E-state index in [1.54, 1.807) is 12.1 Å². The molecule has 1 aromatic carbocycles. The number of hydrogen-bond donors (Lipinski definition) is 1. The third-order valence-corrected chi connectivity index (χ3v) is 3.38. The van der Waals surface area contributed by atoms with Crippen molar-refractivity contribution in [3.63, 3.8) is 0 Å². The standard InChI is InChI=1S/C14H18F3NO2/c1-10-6-7-18-8-13(10)19-9-11-2-4-12(5-3-11)20-14(15,16)17/h2-5,10,13,18H,6-9H2,1H3. The first kappa shape index (κ1) is 15.1. The first-order chi connectivity index (χ1) is 9.44. The summed E-state index contributed by atoms with van der Waals surface area (Å²) < 4.78 is 45.7.